The zero-order valence-electron chi connectivity index (χ0n) is 10.3. The zero-order valence-corrected chi connectivity index (χ0v) is 11.2. The lowest BCUT2D eigenvalue weighted by Gasteiger charge is -2.05. The average Bonchev–Trinajstić information content (AvgIpc) is 2.78. The molecule has 0 fully saturated rings. The van der Waals surface area contributed by atoms with Crippen molar-refractivity contribution in [1.82, 2.24) is 9.55 Å². The van der Waals surface area contributed by atoms with Gasteiger partial charge in [-0.2, -0.15) is 12.6 Å². The lowest BCUT2D eigenvalue weighted by molar-refractivity contribution is 0.975. The second kappa shape index (κ2) is 6.25. The van der Waals surface area contributed by atoms with Crippen LogP contribution in [0.15, 0.2) is 36.7 Å². The third-order valence-electron chi connectivity index (χ3n) is 2.40. The number of aromatic nitrogens is 2. The van der Waals surface area contributed by atoms with E-state index in [1.165, 1.54) is 0 Å². The number of hydrogen-bond acceptors (Lipinski definition) is 3. The predicted molar refractivity (Wildman–Crippen MR) is 75.7 cm³/mol. The van der Waals surface area contributed by atoms with Crippen LogP contribution < -0.4 is 0 Å². The summed E-state index contributed by atoms with van der Waals surface area (Å²) in [5, 5.41) is 7.50. The third-order valence-corrected chi connectivity index (χ3v) is 2.40. The van der Waals surface area contributed by atoms with E-state index in [9.17, 15) is 0 Å². The van der Waals surface area contributed by atoms with Gasteiger partial charge in [0.1, 0.15) is 5.82 Å². The van der Waals surface area contributed by atoms with Crippen molar-refractivity contribution < 1.29 is 0 Å². The Bertz CT molecular complexity index is 486. The lowest BCUT2D eigenvalue weighted by atomic mass is 10.1. The van der Waals surface area contributed by atoms with Crippen molar-refractivity contribution in [2.45, 2.75) is 13.8 Å². The molecule has 2 aromatic rings. The monoisotopic (exact) mass is 247 g/mol. The summed E-state index contributed by atoms with van der Waals surface area (Å²) in [7, 11) is 0. The summed E-state index contributed by atoms with van der Waals surface area (Å²) in [6.45, 7) is 3.76. The van der Waals surface area contributed by atoms with Gasteiger partial charge in [-0.3, -0.25) is 0 Å². The predicted octanol–water partition coefficient (Wildman–Crippen LogP) is 3.11. The van der Waals surface area contributed by atoms with E-state index in [1.807, 2.05) is 42.0 Å². The maximum absolute atomic E-state index is 7.50. The SMILES string of the molecule is CC(=N)c1ccc(-n2ccnc2C)cc1.CS. The number of hydrogen-bond donors (Lipinski definition) is 2. The molecule has 1 heterocycles. The standard InChI is InChI=1S/C12H13N3.CH4S/c1-9(13)11-3-5-12(6-4-11)15-8-7-14-10(15)2;1-2/h3-8,13H,1-2H3;2H,1H3. The van der Waals surface area contributed by atoms with Gasteiger partial charge in [-0.25, -0.2) is 4.98 Å². The van der Waals surface area contributed by atoms with Crippen LogP contribution in [0.25, 0.3) is 5.69 Å². The number of imidazole rings is 1. The maximum atomic E-state index is 7.50. The summed E-state index contributed by atoms with van der Waals surface area (Å²) < 4.78 is 2.02. The highest BCUT2D eigenvalue weighted by Gasteiger charge is 2.00. The molecule has 0 bridgehead atoms. The molecule has 0 spiro atoms. The van der Waals surface area contributed by atoms with Gasteiger partial charge in [0.05, 0.1) is 0 Å². The Hall–Kier alpha value is -1.55. The van der Waals surface area contributed by atoms with Crippen molar-refractivity contribution in [3.8, 4) is 5.69 Å². The van der Waals surface area contributed by atoms with Crippen LogP contribution in [0, 0.1) is 12.3 Å². The minimum absolute atomic E-state index is 0.587. The fourth-order valence-corrected chi connectivity index (χ4v) is 1.52. The molecule has 90 valence electrons. The van der Waals surface area contributed by atoms with Crippen LogP contribution in [0.3, 0.4) is 0 Å². The lowest BCUT2D eigenvalue weighted by Crippen LogP contribution is -1.97. The molecule has 0 saturated heterocycles. The molecular formula is C13H17N3S. The van der Waals surface area contributed by atoms with Crippen molar-refractivity contribution >= 4 is 18.3 Å². The molecule has 1 N–H and O–H groups in total. The highest BCUT2D eigenvalue weighted by Crippen LogP contribution is 2.11. The first-order valence-electron chi connectivity index (χ1n) is 5.29. The van der Waals surface area contributed by atoms with Crippen molar-refractivity contribution in [2.24, 2.45) is 0 Å². The van der Waals surface area contributed by atoms with Gasteiger partial charge in [0.15, 0.2) is 0 Å². The van der Waals surface area contributed by atoms with Crippen molar-refractivity contribution in [2.75, 3.05) is 6.26 Å². The van der Waals surface area contributed by atoms with Gasteiger partial charge in [0.2, 0.25) is 0 Å². The topological polar surface area (TPSA) is 41.7 Å². The van der Waals surface area contributed by atoms with Gasteiger partial charge >= 0.3 is 0 Å². The Morgan fingerprint density at radius 1 is 1.24 bits per heavy atom. The van der Waals surface area contributed by atoms with Crippen LogP contribution in [0.2, 0.25) is 0 Å². The molecule has 2 rings (SSSR count). The molecule has 0 aliphatic carbocycles. The Morgan fingerprint density at radius 3 is 2.24 bits per heavy atom. The molecule has 0 atom stereocenters. The minimum Gasteiger partial charge on any atom is -0.305 e. The van der Waals surface area contributed by atoms with E-state index >= 15 is 0 Å². The fourth-order valence-electron chi connectivity index (χ4n) is 1.52. The van der Waals surface area contributed by atoms with E-state index in [1.54, 1.807) is 19.4 Å². The van der Waals surface area contributed by atoms with Gasteiger partial charge in [0, 0.05) is 23.8 Å². The first-order valence-corrected chi connectivity index (χ1v) is 6.18. The molecule has 3 nitrogen and oxygen atoms in total. The van der Waals surface area contributed by atoms with E-state index < -0.39 is 0 Å². The number of thiol groups is 1. The highest BCUT2D eigenvalue weighted by atomic mass is 32.1. The van der Waals surface area contributed by atoms with E-state index in [4.69, 9.17) is 5.41 Å². The molecule has 4 heteroatoms. The molecule has 0 aliphatic rings. The van der Waals surface area contributed by atoms with Gasteiger partial charge in [-0.15, -0.1) is 0 Å². The van der Waals surface area contributed by atoms with Crippen LogP contribution in [0.1, 0.15) is 18.3 Å². The number of rotatable bonds is 2. The summed E-state index contributed by atoms with van der Waals surface area (Å²) in [5.41, 5.74) is 2.62. The minimum atomic E-state index is 0.587. The second-order valence-corrected chi connectivity index (χ2v) is 3.52. The van der Waals surface area contributed by atoms with Crippen LogP contribution in [0.5, 0.6) is 0 Å². The van der Waals surface area contributed by atoms with E-state index in [0.717, 1.165) is 17.1 Å². The van der Waals surface area contributed by atoms with Crippen LogP contribution in [-0.4, -0.2) is 21.5 Å². The van der Waals surface area contributed by atoms with Gasteiger partial charge in [0.25, 0.3) is 0 Å². The highest BCUT2D eigenvalue weighted by molar-refractivity contribution is 7.79. The van der Waals surface area contributed by atoms with E-state index in [2.05, 4.69) is 17.6 Å². The van der Waals surface area contributed by atoms with Crippen LogP contribution in [-0.2, 0) is 0 Å². The average molecular weight is 247 g/mol. The van der Waals surface area contributed by atoms with Gasteiger partial charge < -0.3 is 9.98 Å². The Labute approximate surface area is 107 Å². The molecule has 0 saturated carbocycles. The van der Waals surface area contributed by atoms with Crippen LogP contribution in [0.4, 0.5) is 0 Å². The normalized spacial score (nSPS) is 9.41. The summed E-state index contributed by atoms with van der Waals surface area (Å²) >= 11 is 3.53. The first kappa shape index (κ1) is 13.5. The number of nitrogens with zero attached hydrogens (tertiary/aromatic N) is 2. The van der Waals surface area contributed by atoms with Crippen LogP contribution >= 0.6 is 12.6 Å². The van der Waals surface area contributed by atoms with Crippen molar-refractivity contribution in [3.05, 3.63) is 48.0 Å². The van der Waals surface area contributed by atoms with Gasteiger partial charge in [-0.1, -0.05) is 12.1 Å². The number of aryl methyl sites for hydroxylation is 1. The Kier molecular flexibility index (Phi) is 4.97. The Balaban J connectivity index is 0.000000686. The summed E-state index contributed by atoms with van der Waals surface area (Å²) in [5.74, 6) is 0.967. The summed E-state index contributed by atoms with van der Waals surface area (Å²) in [4.78, 5) is 4.17. The van der Waals surface area contributed by atoms with Gasteiger partial charge in [-0.05, 0) is 37.8 Å². The molecule has 17 heavy (non-hydrogen) atoms. The molecule has 0 amide bonds. The molecular weight excluding hydrogens is 230 g/mol. The smallest absolute Gasteiger partial charge is 0.110 e. The second-order valence-electron chi connectivity index (χ2n) is 3.52. The summed E-state index contributed by atoms with van der Waals surface area (Å²) in [6.07, 6.45) is 5.41. The third kappa shape index (κ3) is 3.20. The molecule has 1 aromatic carbocycles. The molecule has 0 aliphatic heterocycles. The zero-order chi connectivity index (χ0) is 12.8. The quantitative estimate of drug-likeness (QED) is 0.621. The number of nitrogens with one attached hydrogen (secondary N) is 1. The number of benzene rings is 1. The fraction of sp³-hybridized carbons (Fsp3) is 0.231. The van der Waals surface area contributed by atoms with E-state index in [-0.39, 0.29) is 0 Å². The molecule has 1 aromatic heterocycles. The van der Waals surface area contributed by atoms with Crippen molar-refractivity contribution in [1.29, 1.82) is 5.41 Å². The molecule has 0 unspecified atom stereocenters. The molecule has 0 radical (unpaired) electrons. The van der Waals surface area contributed by atoms with E-state index in [0.29, 0.717) is 5.71 Å². The largest absolute Gasteiger partial charge is 0.305 e. The first-order chi connectivity index (χ1) is 8.18. The summed E-state index contributed by atoms with van der Waals surface area (Å²) in [6, 6.07) is 7.92. The van der Waals surface area contributed by atoms with Crippen molar-refractivity contribution in [3.63, 3.8) is 0 Å². The Morgan fingerprint density at radius 2 is 1.82 bits per heavy atom. The maximum Gasteiger partial charge on any atom is 0.110 e.